The zero-order valence-corrected chi connectivity index (χ0v) is 13.1. The van der Waals surface area contributed by atoms with Crippen molar-refractivity contribution in [3.8, 4) is 16.9 Å². The van der Waals surface area contributed by atoms with Crippen molar-refractivity contribution < 1.29 is 23.4 Å². The van der Waals surface area contributed by atoms with Gasteiger partial charge in [0.25, 0.3) is 0 Å². The maximum absolute atomic E-state index is 14.4. The molecule has 0 aliphatic rings. The van der Waals surface area contributed by atoms with Crippen LogP contribution in [0.3, 0.4) is 0 Å². The number of carbonyl (C=O) groups is 1. The molecule has 0 radical (unpaired) electrons. The first-order chi connectivity index (χ1) is 12.1. The number of hydrogen-bond donors (Lipinski definition) is 1. The summed E-state index contributed by atoms with van der Waals surface area (Å²) in [6.07, 6.45) is 0. The third-order valence-electron chi connectivity index (χ3n) is 3.71. The quantitative estimate of drug-likeness (QED) is 0.701. The molecule has 0 spiro atoms. The molecule has 3 rings (SSSR count). The van der Waals surface area contributed by atoms with Crippen molar-refractivity contribution in [2.24, 2.45) is 0 Å². The van der Waals surface area contributed by atoms with E-state index >= 15 is 0 Å². The van der Waals surface area contributed by atoms with Crippen molar-refractivity contribution in [3.05, 3.63) is 89.5 Å². The maximum atomic E-state index is 14.4. The average molecular weight is 340 g/mol. The molecule has 0 saturated carbocycles. The number of para-hydroxylation sites is 1. The lowest BCUT2D eigenvalue weighted by molar-refractivity contribution is 0.0466. The van der Waals surface area contributed by atoms with E-state index < -0.39 is 23.2 Å². The van der Waals surface area contributed by atoms with Crippen LogP contribution in [0.1, 0.15) is 15.9 Å². The van der Waals surface area contributed by atoms with E-state index in [4.69, 9.17) is 4.74 Å². The van der Waals surface area contributed by atoms with Crippen LogP contribution >= 0.6 is 0 Å². The fourth-order valence-electron chi connectivity index (χ4n) is 2.42. The smallest absolute Gasteiger partial charge is 0.341 e. The van der Waals surface area contributed by atoms with Gasteiger partial charge in [0.05, 0.1) is 5.56 Å². The van der Waals surface area contributed by atoms with E-state index in [0.29, 0.717) is 0 Å². The SMILES string of the molecule is O=C(OCc1ccccc1)c1ccc(-c2ccccc2O)c(F)c1F. The van der Waals surface area contributed by atoms with Gasteiger partial charge in [-0.15, -0.1) is 0 Å². The lowest BCUT2D eigenvalue weighted by Crippen LogP contribution is -2.09. The van der Waals surface area contributed by atoms with Crippen LogP contribution in [-0.2, 0) is 11.3 Å². The van der Waals surface area contributed by atoms with E-state index in [9.17, 15) is 18.7 Å². The van der Waals surface area contributed by atoms with Gasteiger partial charge in [-0.3, -0.25) is 0 Å². The molecule has 0 unspecified atom stereocenters. The molecule has 0 aliphatic carbocycles. The number of rotatable bonds is 4. The third kappa shape index (κ3) is 3.50. The van der Waals surface area contributed by atoms with Crippen LogP contribution in [0.2, 0.25) is 0 Å². The van der Waals surface area contributed by atoms with E-state index in [1.807, 2.05) is 6.07 Å². The van der Waals surface area contributed by atoms with Gasteiger partial charge >= 0.3 is 5.97 Å². The Labute approximate surface area is 143 Å². The first-order valence-electron chi connectivity index (χ1n) is 7.55. The number of halogens is 2. The zero-order chi connectivity index (χ0) is 17.8. The topological polar surface area (TPSA) is 46.5 Å². The fourth-order valence-corrected chi connectivity index (χ4v) is 2.42. The number of hydrogen-bond acceptors (Lipinski definition) is 3. The minimum absolute atomic E-state index is 0.0397. The Hall–Kier alpha value is -3.21. The Morgan fingerprint density at radius 2 is 1.52 bits per heavy atom. The molecule has 0 heterocycles. The number of ether oxygens (including phenoxy) is 1. The van der Waals surface area contributed by atoms with Crippen LogP contribution in [0.4, 0.5) is 8.78 Å². The van der Waals surface area contributed by atoms with E-state index in [1.165, 1.54) is 18.2 Å². The summed E-state index contributed by atoms with van der Waals surface area (Å²) in [7, 11) is 0. The highest BCUT2D eigenvalue weighted by Gasteiger charge is 2.21. The molecule has 0 aliphatic heterocycles. The predicted octanol–water partition coefficient (Wildman–Crippen LogP) is 4.69. The van der Waals surface area contributed by atoms with Crippen molar-refractivity contribution in [1.82, 2.24) is 0 Å². The number of carbonyl (C=O) groups excluding carboxylic acids is 1. The van der Waals surface area contributed by atoms with Crippen molar-refractivity contribution in [1.29, 1.82) is 0 Å². The second-order valence-corrected chi connectivity index (χ2v) is 5.37. The Kier molecular flexibility index (Phi) is 4.75. The Balaban J connectivity index is 1.85. The van der Waals surface area contributed by atoms with E-state index in [2.05, 4.69) is 0 Å². The Morgan fingerprint density at radius 3 is 2.24 bits per heavy atom. The van der Waals surface area contributed by atoms with Crippen LogP contribution < -0.4 is 0 Å². The number of benzene rings is 3. The van der Waals surface area contributed by atoms with Gasteiger partial charge in [-0.2, -0.15) is 0 Å². The maximum Gasteiger partial charge on any atom is 0.341 e. The molecule has 0 fully saturated rings. The number of phenols is 1. The van der Waals surface area contributed by atoms with Gasteiger partial charge < -0.3 is 9.84 Å². The van der Waals surface area contributed by atoms with E-state index in [0.717, 1.165) is 11.6 Å². The van der Waals surface area contributed by atoms with Crippen LogP contribution in [0, 0.1) is 11.6 Å². The fraction of sp³-hybridized carbons (Fsp3) is 0.0500. The molecular weight excluding hydrogens is 326 g/mol. The second-order valence-electron chi connectivity index (χ2n) is 5.37. The molecular formula is C20H14F2O3. The highest BCUT2D eigenvalue weighted by atomic mass is 19.2. The highest BCUT2D eigenvalue weighted by Crippen LogP contribution is 2.32. The van der Waals surface area contributed by atoms with E-state index in [1.54, 1.807) is 36.4 Å². The van der Waals surface area contributed by atoms with Gasteiger partial charge in [0.1, 0.15) is 12.4 Å². The first-order valence-corrected chi connectivity index (χ1v) is 7.55. The van der Waals surface area contributed by atoms with Crippen LogP contribution in [-0.4, -0.2) is 11.1 Å². The van der Waals surface area contributed by atoms with Crippen LogP contribution in [0.5, 0.6) is 5.75 Å². The molecule has 0 atom stereocenters. The molecule has 5 heteroatoms. The summed E-state index contributed by atoms with van der Waals surface area (Å²) in [5, 5.41) is 9.79. The average Bonchev–Trinajstić information content (AvgIpc) is 2.63. The van der Waals surface area contributed by atoms with Crippen molar-refractivity contribution in [2.45, 2.75) is 6.61 Å². The van der Waals surface area contributed by atoms with Crippen molar-refractivity contribution in [2.75, 3.05) is 0 Å². The van der Waals surface area contributed by atoms with E-state index in [-0.39, 0.29) is 23.5 Å². The Bertz CT molecular complexity index is 908. The lowest BCUT2D eigenvalue weighted by atomic mass is 10.0. The molecule has 3 aromatic carbocycles. The standard InChI is InChI=1S/C20H14F2O3/c21-18-15(14-8-4-5-9-17(14)23)10-11-16(19(18)22)20(24)25-12-13-6-2-1-3-7-13/h1-11,23H,12H2. The molecule has 126 valence electrons. The Morgan fingerprint density at radius 1 is 0.840 bits per heavy atom. The van der Waals surface area contributed by atoms with Crippen LogP contribution in [0.15, 0.2) is 66.7 Å². The first kappa shape index (κ1) is 16.6. The van der Waals surface area contributed by atoms with Gasteiger partial charge in [-0.05, 0) is 17.7 Å². The number of esters is 1. The van der Waals surface area contributed by atoms with Crippen molar-refractivity contribution in [3.63, 3.8) is 0 Å². The molecule has 25 heavy (non-hydrogen) atoms. The van der Waals surface area contributed by atoms with Gasteiger partial charge in [-0.1, -0.05) is 54.6 Å². The molecule has 3 aromatic rings. The summed E-state index contributed by atoms with van der Waals surface area (Å²) in [5.41, 5.74) is 0.258. The zero-order valence-electron chi connectivity index (χ0n) is 13.1. The molecule has 0 saturated heterocycles. The molecule has 3 nitrogen and oxygen atoms in total. The lowest BCUT2D eigenvalue weighted by Gasteiger charge is -2.10. The van der Waals surface area contributed by atoms with Gasteiger partial charge in [0, 0.05) is 11.1 Å². The van der Waals surface area contributed by atoms with Gasteiger partial charge in [0.15, 0.2) is 11.6 Å². The molecule has 0 bridgehead atoms. The molecule has 1 N–H and O–H groups in total. The number of aromatic hydroxyl groups is 1. The third-order valence-corrected chi connectivity index (χ3v) is 3.71. The van der Waals surface area contributed by atoms with Gasteiger partial charge in [0.2, 0.25) is 0 Å². The summed E-state index contributed by atoms with van der Waals surface area (Å²) in [4.78, 5) is 12.0. The molecule has 0 aromatic heterocycles. The van der Waals surface area contributed by atoms with Crippen molar-refractivity contribution >= 4 is 5.97 Å². The minimum Gasteiger partial charge on any atom is -0.507 e. The summed E-state index contributed by atoms with van der Waals surface area (Å²) in [6, 6.07) is 17.3. The van der Waals surface area contributed by atoms with Crippen LogP contribution in [0.25, 0.3) is 11.1 Å². The molecule has 0 amide bonds. The predicted molar refractivity (Wildman–Crippen MR) is 89.0 cm³/mol. The normalized spacial score (nSPS) is 10.5. The number of phenolic OH excluding ortho intramolecular Hbond substituents is 1. The highest BCUT2D eigenvalue weighted by molar-refractivity contribution is 5.90. The minimum atomic E-state index is -1.31. The largest absolute Gasteiger partial charge is 0.507 e. The summed E-state index contributed by atoms with van der Waals surface area (Å²) >= 11 is 0. The summed E-state index contributed by atoms with van der Waals surface area (Å²) in [5.74, 6) is -3.65. The summed E-state index contributed by atoms with van der Waals surface area (Å²) in [6.45, 7) is -0.0397. The summed E-state index contributed by atoms with van der Waals surface area (Å²) < 4.78 is 33.7. The van der Waals surface area contributed by atoms with Gasteiger partial charge in [-0.25, -0.2) is 13.6 Å². The monoisotopic (exact) mass is 340 g/mol. The second kappa shape index (κ2) is 7.13.